The Labute approximate surface area is 97.0 Å². The molecule has 0 radical (unpaired) electrons. The molecular formula is C11H22N2O3. The molecule has 5 heteroatoms. The number of hydrogen-bond acceptors (Lipinski definition) is 4. The molecule has 0 saturated heterocycles. The lowest BCUT2D eigenvalue weighted by atomic mass is 10.3. The van der Waals surface area contributed by atoms with Crippen molar-refractivity contribution < 1.29 is 14.7 Å². The zero-order chi connectivity index (χ0) is 12.6. The van der Waals surface area contributed by atoms with E-state index in [9.17, 15) is 9.59 Å². The summed E-state index contributed by atoms with van der Waals surface area (Å²) < 4.78 is 0. The van der Waals surface area contributed by atoms with E-state index < -0.39 is 5.97 Å². The van der Waals surface area contributed by atoms with E-state index in [2.05, 4.69) is 4.90 Å². The van der Waals surface area contributed by atoms with E-state index in [1.165, 1.54) is 6.92 Å². The van der Waals surface area contributed by atoms with E-state index in [1.54, 1.807) is 0 Å². The maximum atomic E-state index is 11.0. The fraction of sp³-hybridized carbons (Fsp3) is 0.818. The molecule has 16 heavy (non-hydrogen) atoms. The summed E-state index contributed by atoms with van der Waals surface area (Å²) in [6.07, 6.45) is 1.04. The standard InChI is InChI=1S/C11H22N2O3/c1-10(14)9-13(8-5-11(15)16)7-4-6-12(2)3/h4-9H2,1-3H3,(H,15,16). The van der Waals surface area contributed by atoms with Crippen LogP contribution in [0.1, 0.15) is 19.8 Å². The highest BCUT2D eigenvalue weighted by Crippen LogP contribution is 1.96. The van der Waals surface area contributed by atoms with Gasteiger partial charge in [0.05, 0.1) is 13.0 Å². The number of carbonyl (C=O) groups excluding carboxylic acids is 1. The lowest BCUT2D eigenvalue weighted by Crippen LogP contribution is -2.33. The monoisotopic (exact) mass is 230 g/mol. The summed E-state index contributed by atoms with van der Waals surface area (Å²) in [6, 6.07) is 0. The Bertz CT molecular complexity index is 229. The molecular weight excluding hydrogens is 208 g/mol. The van der Waals surface area contributed by atoms with Gasteiger partial charge < -0.3 is 10.0 Å². The van der Waals surface area contributed by atoms with Crippen LogP contribution in [0.15, 0.2) is 0 Å². The third-order valence-electron chi connectivity index (χ3n) is 2.17. The van der Waals surface area contributed by atoms with Crippen molar-refractivity contribution in [1.29, 1.82) is 0 Å². The predicted molar refractivity (Wildman–Crippen MR) is 62.5 cm³/mol. The van der Waals surface area contributed by atoms with Gasteiger partial charge in [0, 0.05) is 6.54 Å². The molecule has 94 valence electrons. The minimum Gasteiger partial charge on any atom is -0.481 e. The van der Waals surface area contributed by atoms with Crippen molar-refractivity contribution in [2.45, 2.75) is 19.8 Å². The van der Waals surface area contributed by atoms with Crippen LogP contribution in [0.5, 0.6) is 0 Å². The van der Waals surface area contributed by atoms with Gasteiger partial charge in [0.2, 0.25) is 0 Å². The van der Waals surface area contributed by atoms with Gasteiger partial charge in [-0.25, -0.2) is 0 Å². The van der Waals surface area contributed by atoms with E-state index in [-0.39, 0.29) is 12.2 Å². The second-order valence-corrected chi connectivity index (χ2v) is 4.28. The maximum Gasteiger partial charge on any atom is 0.304 e. The number of carbonyl (C=O) groups is 2. The molecule has 0 spiro atoms. The molecule has 0 unspecified atom stereocenters. The number of nitrogens with zero attached hydrogens (tertiary/aromatic N) is 2. The molecule has 0 aromatic heterocycles. The molecule has 0 aliphatic heterocycles. The highest BCUT2D eigenvalue weighted by atomic mass is 16.4. The number of rotatable bonds is 9. The van der Waals surface area contributed by atoms with Crippen molar-refractivity contribution in [1.82, 2.24) is 9.80 Å². The highest BCUT2D eigenvalue weighted by Gasteiger charge is 2.09. The second kappa shape index (κ2) is 8.24. The van der Waals surface area contributed by atoms with Crippen molar-refractivity contribution in [3.63, 3.8) is 0 Å². The van der Waals surface area contributed by atoms with Gasteiger partial charge in [-0.3, -0.25) is 14.5 Å². The third kappa shape index (κ3) is 9.61. The SMILES string of the molecule is CC(=O)CN(CCCN(C)C)CCC(=O)O. The molecule has 0 rings (SSSR count). The molecule has 0 bridgehead atoms. The average molecular weight is 230 g/mol. The summed E-state index contributed by atoms with van der Waals surface area (Å²) >= 11 is 0. The first kappa shape index (κ1) is 15.1. The Morgan fingerprint density at radius 2 is 1.75 bits per heavy atom. The van der Waals surface area contributed by atoms with Gasteiger partial charge in [-0.15, -0.1) is 0 Å². The Morgan fingerprint density at radius 1 is 1.12 bits per heavy atom. The molecule has 0 aliphatic rings. The topological polar surface area (TPSA) is 60.9 Å². The van der Waals surface area contributed by atoms with E-state index in [1.807, 2.05) is 19.0 Å². The normalized spacial score (nSPS) is 11.1. The number of carboxylic acid groups (broad SMARTS) is 1. The lowest BCUT2D eigenvalue weighted by molar-refractivity contribution is -0.137. The van der Waals surface area contributed by atoms with Crippen molar-refractivity contribution in [2.24, 2.45) is 0 Å². The van der Waals surface area contributed by atoms with Crippen LogP contribution in [0.3, 0.4) is 0 Å². The van der Waals surface area contributed by atoms with Gasteiger partial charge in [-0.2, -0.15) is 0 Å². The number of aliphatic carboxylic acids is 1. The van der Waals surface area contributed by atoms with Crippen LogP contribution in [0.4, 0.5) is 0 Å². The van der Waals surface area contributed by atoms with Gasteiger partial charge >= 0.3 is 5.97 Å². The number of carboxylic acids is 1. The van der Waals surface area contributed by atoms with Gasteiger partial charge in [-0.05, 0) is 40.5 Å². The molecule has 0 aromatic carbocycles. The smallest absolute Gasteiger partial charge is 0.304 e. The molecule has 0 aliphatic carbocycles. The molecule has 0 aromatic rings. The Hall–Kier alpha value is -0.940. The van der Waals surface area contributed by atoms with Crippen molar-refractivity contribution in [2.75, 3.05) is 40.3 Å². The van der Waals surface area contributed by atoms with E-state index in [4.69, 9.17) is 5.11 Å². The maximum absolute atomic E-state index is 11.0. The van der Waals surface area contributed by atoms with Gasteiger partial charge in [0.1, 0.15) is 5.78 Å². The van der Waals surface area contributed by atoms with E-state index in [0.29, 0.717) is 13.1 Å². The van der Waals surface area contributed by atoms with Crippen LogP contribution in [-0.4, -0.2) is 66.9 Å². The molecule has 0 atom stereocenters. The van der Waals surface area contributed by atoms with Crippen LogP contribution in [0, 0.1) is 0 Å². The third-order valence-corrected chi connectivity index (χ3v) is 2.17. The molecule has 0 saturated carbocycles. The van der Waals surface area contributed by atoms with Crippen LogP contribution < -0.4 is 0 Å². The zero-order valence-corrected chi connectivity index (χ0v) is 10.4. The Balaban J connectivity index is 3.89. The fourth-order valence-corrected chi connectivity index (χ4v) is 1.45. The summed E-state index contributed by atoms with van der Waals surface area (Å²) in [5, 5.41) is 8.59. The Morgan fingerprint density at radius 3 is 2.19 bits per heavy atom. The number of ketones is 1. The molecule has 0 heterocycles. The van der Waals surface area contributed by atoms with Crippen LogP contribution >= 0.6 is 0 Å². The molecule has 1 N–H and O–H groups in total. The largest absolute Gasteiger partial charge is 0.481 e. The highest BCUT2D eigenvalue weighted by molar-refractivity contribution is 5.77. The lowest BCUT2D eigenvalue weighted by Gasteiger charge is -2.20. The first-order chi connectivity index (χ1) is 7.41. The minimum absolute atomic E-state index is 0.0789. The number of Topliss-reactive ketones (excluding diaryl/α,β-unsaturated/α-hetero) is 1. The second-order valence-electron chi connectivity index (χ2n) is 4.28. The molecule has 5 nitrogen and oxygen atoms in total. The Kier molecular flexibility index (Phi) is 7.76. The van der Waals surface area contributed by atoms with Gasteiger partial charge in [0.15, 0.2) is 0 Å². The van der Waals surface area contributed by atoms with Gasteiger partial charge in [-0.1, -0.05) is 0 Å². The van der Waals surface area contributed by atoms with Crippen LogP contribution in [0.2, 0.25) is 0 Å². The summed E-state index contributed by atoms with van der Waals surface area (Å²) in [5.74, 6) is -0.739. The van der Waals surface area contributed by atoms with Crippen molar-refractivity contribution >= 4 is 11.8 Å². The van der Waals surface area contributed by atoms with Gasteiger partial charge in [0.25, 0.3) is 0 Å². The summed E-state index contributed by atoms with van der Waals surface area (Å²) in [4.78, 5) is 25.4. The molecule has 0 fully saturated rings. The van der Waals surface area contributed by atoms with Crippen molar-refractivity contribution in [3.8, 4) is 0 Å². The predicted octanol–water partition coefficient (Wildman–Crippen LogP) is 0.304. The zero-order valence-electron chi connectivity index (χ0n) is 10.4. The summed E-state index contributed by atoms with van der Waals surface area (Å²) in [5.41, 5.74) is 0. The van der Waals surface area contributed by atoms with Crippen LogP contribution in [-0.2, 0) is 9.59 Å². The van der Waals surface area contributed by atoms with Crippen molar-refractivity contribution in [3.05, 3.63) is 0 Å². The molecule has 0 amide bonds. The first-order valence-electron chi connectivity index (χ1n) is 5.50. The first-order valence-corrected chi connectivity index (χ1v) is 5.50. The number of hydrogen-bond donors (Lipinski definition) is 1. The minimum atomic E-state index is -0.818. The quantitative estimate of drug-likeness (QED) is 0.617. The summed E-state index contributed by atoms with van der Waals surface area (Å²) in [7, 11) is 3.99. The van der Waals surface area contributed by atoms with Crippen LogP contribution in [0.25, 0.3) is 0 Å². The summed E-state index contributed by atoms with van der Waals surface area (Å²) in [6.45, 7) is 4.04. The van der Waals surface area contributed by atoms with E-state index in [0.717, 1.165) is 19.5 Å². The fourth-order valence-electron chi connectivity index (χ4n) is 1.45. The van der Waals surface area contributed by atoms with E-state index >= 15 is 0 Å². The average Bonchev–Trinajstić information content (AvgIpc) is 2.12.